The number of nitrogens with zero attached hydrogens (tertiary/aromatic N) is 1. The van der Waals surface area contributed by atoms with Gasteiger partial charge in [0.15, 0.2) is 0 Å². The van der Waals surface area contributed by atoms with E-state index in [4.69, 9.17) is 0 Å². The van der Waals surface area contributed by atoms with E-state index in [1.165, 1.54) is 0 Å². The van der Waals surface area contributed by atoms with E-state index < -0.39 is 54.7 Å². The van der Waals surface area contributed by atoms with Crippen LogP contribution in [0.2, 0.25) is 0 Å². The van der Waals surface area contributed by atoms with E-state index in [0.29, 0.717) is 0 Å². The highest BCUT2D eigenvalue weighted by molar-refractivity contribution is 4.93. The molecule has 0 heterocycles. The molecule has 0 saturated carbocycles. The number of rotatable bonds is 7. The molecule has 0 radical (unpaired) electrons. The summed E-state index contributed by atoms with van der Waals surface area (Å²) in [6, 6.07) is 0. The summed E-state index contributed by atoms with van der Waals surface area (Å²) in [5.41, 5.74) is -5.17. The van der Waals surface area contributed by atoms with Gasteiger partial charge in [0.25, 0.3) is 11.8 Å². The minimum absolute atomic E-state index is 0.0284. The minimum Gasteiger partial charge on any atom is -0.371 e. The fraction of sp³-hybridized carbons (Fsp3) is 1.00. The van der Waals surface area contributed by atoms with Crippen molar-refractivity contribution in [3.63, 3.8) is 0 Å². The Labute approximate surface area is 120 Å². The van der Waals surface area contributed by atoms with E-state index in [9.17, 15) is 52.8 Å². The van der Waals surface area contributed by atoms with Crippen LogP contribution in [0.25, 0.3) is 0 Å². The van der Waals surface area contributed by atoms with E-state index in [0.717, 1.165) is 0 Å². The fourth-order valence-electron chi connectivity index (χ4n) is 1.22. The van der Waals surface area contributed by atoms with Gasteiger partial charge in [-0.3, -0.25) is 0 Å². The van der Waals surface area contributed by atoms with Crippen LogP contribution in [0.5, 0.6) is 0 Å². The highest BCUT2D eigenvalue weighted by atomic mass is 19.4. The van der Waals surface area contributed by atoms with Crippen molar-refractivity contribution in [2.45, 2.75) is 36.4 Å². The van der Waals surface area contributed by atoms with Crippen molar-refractivity contribution in [2.24, 2.45) is 0 Å². The Bertz CT molecular complexity index is 380. The van der Waals surface area contributed by atoms with Gasteiger partial charge in [0, 0.05) is 7.05 Å². The second kappa shape index (κ2) is 6.91. The topological polar surface area (TPSA) is 12.5 Å². The van der Waals surface area contributed by atoms with Crippen LogP contribution in [0, 0.1) is 0 Å². The summed E-state index contributed by atoms with van der Waals surface area (Å²) in [5.74, 6) is -5.36. The summed E-state index contributed by atoms with van der Waals surface area (Å²) in [6.45, 7) is -5.26. The molecule has 3 atom stereocenters. The molecule has 0 aromatic carbocycles. The van der Waals surface area contributed by atoms with Crippen molar-refractivity contribution < 1.29 is 57.5 Å². The first-order valence-corrected chi connectivity index (χ1v) is 5.41. The minimum atomic E-state index is -6.15. The molecule has 3 unspecified atom stereocenters. The lowest BCUT2D eigenvalue weighted by Gasteiger charge is -2.32. The lowest BCUT2D eigenvalue weighted by atomic mass is 10.1. The molecule has 0 aliphatic rings. The zero-order valence-electron chi connectivity index (χ0n) is 11.0. The number of alkyl halides is 11. The smallest absolute Gasteiger partial charge is 0.371 e. The van der Waals surface area contributed by atoms with Crippen LogP contribution in [0.15, 0.2) is 0 Å². The molecule has 0 amide bonds. The summed E-state index contributed by atoms with van der Waals surface area (Å²) in [4.78, 5) is 0. The molecule has 2 nitrogen and oxygen atoms in total. The molecule has 140 valence electrons. The van der Waals surface area contributed by atoms with Crippen LogP contribution in [0.1, 0.15) is 0 Å². The van der Waals surface area contributed by atoms with Gasteiger partial charge in [0.2, 0.25) is 6.30 Å². The Kier molecular flexibility index (Phi) is 6.63. The van der Waals surface area contributed by atoms with Gasteiger partial charge < -0.3 is 4.74 Å². The molecule has 0 aliphatic carbocycles. The molecule has 0 rings (SSSR count). The maximum atomic E-state index is 13.5. The van der Waals surface area contributed by atoms with E-state index in [1.807, 2.05) is 0 Å². The number of ether oxygens (including phenoxy) is 1. The molecule has 0 saturated heterocycles. The van der Waals surface area contributed by atoms with Gasteiger partial charge in [-0.25, -0.2) is 22.0 Å². The first-order chi connectivity index (χ1) is 9.97. The van der Waals surface area contributed by atoms with Crippen LogP contribution in [-0.4, -0.2) is 61.8 Å². The van der Waals surface area contributed by atoms with Gasteiger partial charge in [-0.1, -0.05) is 0 Å². The van der Waals surface area contributed by atoms with Crippen molar-refractivity contribution in [3.05, 3.63) is 0 Å². The van der Waals surface area contributed by atoms with Crippen LogP contribution in [0.3, 0.4) is 0 Å². The van der Waals surface area contributed by atoms with E-state index >= 15 is 0 Å². The Balaban J connectivity index is 5.04. The summed E-state index contributed by atoms with van der Waals surface area (Å²) in [6.07, 6.45) is -21.1. The SMILES string of the molecule is CN(F)C(F)C(F)(COCC(F)(F)C(F)C(F)(F)F)C(F)(F)F. The van der Waals surface area contributed by atoms with Crippen molar-refractivity contribution >= 4 is 0 Å². The summed E-state index contributed by atoms with van der Waals surface area (Å²) >= 11 is 0. The van der Waals surface area contributed by atoms with Gasteiger partial charge in [-0.2, -0.15) is 26.3 Å². The maximum absolute atomic E-state index is 13.5. The Morgan fingerprint density at radius 2 is 1.30 bits per heavy atom. The molecular weight excluding hydrogens is 366 g/mol. The van der Waals surface area contributed by atoms with Gasteiger partial charge in [0.1, 0.15) is 6.61 Å². The largest absolute Gasteiger partial charge is 0.429 e. The second-order valence-corrected chi connectivity index (χ2v) is 4.38. The molecule has 0 aromatic rings. The predicted molar refractivity (Wildman–Crippen MR) is 50.4 cm³/mol. The van der Waals surface area contributed by atoms with Gasteiger partial charge >= 0.3 is 18.3 Å². The maximum Gasteiger partial charge on any atom is 0.429 e. The first-order valence-electron chi connectivity index (χ1n) is 5.41. The molecule has 0 bridgehead atoms. The van der Waals surface area contributed by atoms with Gasteiger partial charge in [-0.05, 0) is 0 Å². The molecule has 0 spiro atoms. The Morgan fingerprint density at radius 3 is 1.61 bits per heavy atom. The number of halogens is 12. The average Bonchev–Trinajstić information content (AvgIpc) is 2.33. The molecule has 0 aliphatic heterocycles. The van der Waals surface area contributed by atoms with E-state index in [2.05, 4.69) is 4.74 Å². The van der Waals surface area contributed by atoms with Crippen LogP contribution in [-0.2, 0) is 4.74 Å². The van der Waals surface area contributed by atoms with Crippen molar-refractivity contribution in [3.8, 4) is 0 Å². The van der Waals surface area contributed by atoms with Gasteiger partial charge in [0.05, 0.1) is 6.61 Å². The van der Waals surface area contributed by atoms with Crippen LogP contribution >= 0.6 is 0 Å². The third-order valence-corrected chi connectivity index (χ3v) is 2.43. The van der Waals surface area contributed by atoms with Gasteiger partial charge in [-0.15, -0.1) is 9.60 Å². The Morgan fingerprint density at radius 1 is 0.870 bits per heavy atom. The first kappa shape index (κ1) is 22.1. The molecular formula is C9H9F12NO. The second-order valence-electron chi connectivity index (χ2n) is 4.38. The summed E-state index contributed by atoms with van der Waals surface area (Å²) < 4.78 is 152. The molecule has 14 heteroatoms. The molecule has 0 fully saturated rings. The summed E-state index contributed by atoms with van der Waals surface area (Å²) in [7, 11) is 0.0284. The standard InChI is InChI=1S/C9H9F12NO/c1-22(21)5(11)6(12,9(18,19)20)2-23-3-7(13,14)4(10)8(15,16)17/h4-5H,2-3H2,1H3. The zero-order valence-corrected chi connectivity index (χ0v) is 11.0. The normalized spacial score (nSPS) is 19.6. The zero-order chi connectivity index (χ0) is 18.9. The van der Waals surface area contributed by atoms with Crippen LogP contribution in [0.4, 0.5) is 52.8 Å². The summed E-state index contributed by atoms with van der Waals surface area (Å²) in [5, 5.41) is -1.39. The Hall–Kier alpha value is -0.920. The third-order valence-electron chi connectivity index (χ3n) is 2.43. The van der Waals surface area contributed by atoms with Crippen molar-refractivity contribution in [1.29, 1.82) is 0 Å². The molecule has 0 N–H and O–H groups in total. The monoisotopic (exact) mass is 375 g/mol. The highest BCUT2D eigenvalue weighted by Crippen LogP contribution is 2.40. The third kappa shape index (κ3) is 5.29. The van der Waals surface area contributed by atoms with Crippen LogP contribution < -0.4 is 0 Å². The van der Waals surface area contributed by atoms with Crippen molar-refractivity contribution in [2.75, 3.05) is 20.3 Å². The highest BCUT2D eigenvalue weighted by Gasteiger charge is 2.64. The van der Waals surface area contributed by atoms with E-state index in [1.54, 1.807) is 0 Å². The quantitative estimate of drug-likeness (QED) is 0.380. The lowest BCUT2D eigenvalue weighted by Crippen LogP contribution is -2.57. The van der Waals surface area contributed by atoms with Crippen molar-refractivity contribution in [1.82, 2.24) is 5.12 Å². The lowest BCUT2D eigenvalue weighted by molar-refractivity contribution is -0.304. The molecule has 23 heavy (non-hydrogen) atoms. The average molecular weight is 375 g/mol. The van der Waals surface area contributed by atoms with E-state index in [-0.39, 0.29) is 7.05 Å². The number of hydrogen-bond donors (Lipinski definition) is 0. The number of hydrogen-bond acceptors (Lipinski definition) is 2. The fourth-order valence-corrected chi connectivity index (χ4v) is 1.22. The predicted octanol–water partition coefficient (Wildman–Crippen LogP) is 3.92. The molecule has 0 aromatic heterocycles.